The van der Waals surface area contributed by atoms with E-state index in [1.165, 1.54) is 7.11 Å². The van der Waals surface area contributed by atoms with E-state index in [4.69, 9.17) is 4.74 Å². The number of likely N-dealkylation sites (tertiary alicyclic amines) is 1. The van der Waals surface area contributed by atoms with Crippen molar-refractivity contribution in [2.24, 2.45) is 5.41 Å². The van der Waals surface area contributed by atoms with Crippen LogP contribution in [0.15, 0.2) is 18.6 Å². The van der Waals surface area contributed by atoms with Gasteiger partial charge in [-0.25, -0.2) is 14.8 Å². The Labute approximate surface area is 177 Å². The number of aromatic amines is 1. The van der Waals surface area contributed by atoms with Crippen LogP contribution in [-0.4, -0.2) is 68.5 Å². The number of hydrogen-bond acceptors (Lipinski definition) is 8. The number of urea groups is 1. The summed E-state index contributed by atoms with van der Waals surface area (Å²) in [6.07, 6.45) is 7.92. The molecule has 2 fully saturated rings. The highest BCUT2D eigenvalue weighted by atomic mass is 32.1. The number of carbonyl (C=O) groups is 1. The Morgan fingerprint density at radius 1 is 1.37 bits per heavy atom. The Hall–Kier alpha value is -2.95. The van der Waals surface area contributed by atoms with Gasteiger partial charge in [-0.1, -0.05) is 0 Å². The van der Waals surface area contributed by atoms with E-state index in [0.717, 1.165) is 67.2 Å². The summed E-state index contributed by atoms with van der Waals surface area (Å²) in [5.41, 5.74) is 1.11. The van der Waals surface area contributed by atoms with Gasteiger partial charge in [0.25, 0.3) is 0 Å². The Morgan fingerprint density at radius 3 is 2.90 bits per heavy atom. The molecule has 2 N–H and O–H groups in total. The molecule has 11 heteroatoms. The molecule has 1 spiro atoms. The van der Waals surface area contributed by atoms with Crippen molar-refractivity contribution in [3.8, 4) is 6.01 Å². The largest absolute Gasteiger partial charge is 0.466 e. The lowest BCUT2D eigenvalue weighted by atomic mass is 9.67. The van der Waals surface area contributed by atoms with E-state index < -0.39 is 0 Å². The van der Waals surface area contributed by atoms with E-state index in [1.54, 1.807) is 6.33 Å². The Balaban J connectivity index is 1.16. The minimum atomic E-state index is -0.116. The summed E-state index contributed by atoms with van der Waals surface area (Å²) in [6.45, 7) is 1.58. The molecule has 2 aliphatic rings. The van der Waals surface area contributed by atoms with Crippen LogP contribution in [0.4, 0.5) is 15.7 Å². The first kappa shape index (κ1) is 19.0. The summed E-state index contributed by atoms with van der Waals surface area (Å²) in [5.74, 6) is 0.976. The maximum absolute atomic E-state index is 12.5. The number of nitrogens with zero attached hydrogens (tertiary/aromatic N) is 6. The van der Waals surface area contributed by atoms with Crippen molar-refractivity contribution in [3.63, 3.8) is 0 Å². The molecule has 10 nitrogen and oxygen atoms in total. The van der Waals surface area contributed by atoms with Crippen LogP contribution in [0.5, 0.6) is 6.01 Å². The van der Waals surface area contributed by atoms with Gasteiger partial charge in [-0.2, -0.15) is 4.98 Å². The van der Waals surface area contributed by atoms with Crippen LogP contribution in [0.2, 0.25) is 0 Å². The van der Waals surface area contributed by atoms with Gasteiger partial charge in [0.2, 0.25) is 5.13 Å². The minimum absolute atomic E-state index is 0.116. The number of amides is 2. The molecule has 4 heterocycles. The number of ether oxygens (including phenoxy) is 1. The molecule has 0 unspecified atom stereocenters. The zero-order chi connectivity index (χ0) is 20.7. The molecule has 0 radical (unpaired) electrons. The molecule has 2 amide bonds. The second-order valence-electron chi connectivity index (χ2n) is 8.15. The second kappa shape index (κ2) is 7.38. The molecule has 3 aromatic rings. The molecule has 0 aromatic carbocycles. The van der Waals surface area contributed by atoms with Gasteiger partial charge in [-0.3, -0.25) is 5.32 Å². The van der Waals surface area contributed by atoms with Crippen molar-refractivity contribution >= 4 is 39.5 Å². The molecule has 5 rings (SSSR count). The fourth-order valence-corrected chi connectivity index (χ4v) is 5.18. The predicted octanol–water partition coefficient (Wildman–Crippen LogP) is 2.73. The summed E-state index contributed by atoms with van der Waals surface area (Å²) in [5, 5.41) is 4.33. The van der Waals surface area contributed by atoms with Crippen LogP contribution in [-0.2, 0) is 0 Å². The topological polar surface area (TPSA) is 112 Å². The van der Waals surface area contributed by atoms with Crippen molar-refractivity contribution < 1.29 is 9.53 Å². The smallest absolute Gasteiger partial charge is 0.329 e. The highest BCUT2D eigenvalue weighted by molar-refractivity contribution is 7.10. The molecule has 0 bridgehead atoms. The first-order chi connectivity index (χ1) is 14.6. The Kier molecular flexibility index (Phi) is 4.69. The standard InChI is InChI=1S/C19H24N8O2S/c1-26(15-13-5-8-20-14(13)21-11-22-15)12-3-6-19(7-4-12)9-27(10-19)18(28)24-17-23-16(29-2)25-30-17/h5,8,11-12H,3-4,6-7,9-10H2,1-2H3,(H,20,21,22)(H,23,24,25,28). The van der Waals surface area contributed by atoms with Crippen molar-refractivity contribution in [1.82, 2.24) is 29.2 Å². The van der Waals surface area contributed by atoms with E-state index in [0.29, 0.717) is 11.2 Å². The lowest BCUT2D eigenvalue weighted by Crippen LogP contribution is -2.61. The second-order valence-corrected chi connectivity index (χ2v) is 8.90. The molecule has 1 saturated heterocycles. The van der Waals surface area contributed by atoms with Crippen LogP contribution in [0, 0.1) is 5.41 Å². The van der Waals surface area contributed by atoms with Gasteiger partial charge < -0.3 is 19.5 Å². The number of carbonyl (C=O) groups excluding carboxylic acids is 1. The molecular weight excluding hydrogens is 404 g/mol. The van der Waals surface area contributed by atoms with Crippen molar-refractivity contribution in [3.05, 3.63) is 18.6 Å². The van der Waals surface area contributed by atoms with Gasteiger partial charge in [0.1, 0.15) is 17.8 Å². The quantitative estimate of drug-likeness (QED) is 0.657. The van der Waals surface area contributed by atoms with Crippen molar-refractivity contribution in [1.29, 1.82) is 0 Å². The number of anilines is 2. The van der Waals surface area contributed by atoms with Gasteiger partial charge in [-0.15, -0.1) is 4.37 Å². The molecule has 1 aliphatic carbocycles. The summed E-state index contributed by atoms with van der Waals surface area (Å²) >= 11 is 1.12. The Morgan fingerprint density at radius 2 is 2.17 bits per heavy atom. The van der Waals surface area contributed by atoms with Gasteiger partial charge >= 0.3 is 12.0 Å². The fraction of sp³-hybridized carbons (Fsp3) is 0.526. The van der Waals surface area contributed by atoms with E-state index in [-0.39, 0.29) is 17.5 Å². The van der Waals surface area contributed by atoms with Crippen LogP contribution in [0.25, 0.3) is 11.0 Å². The van der Waals surface area contributed by atoms with Crippen molar-refractivity contribution in [2.75, 3.05) is 37.5 Å². The zero-order valence-corrected chi connectivity index (χ0v) is 17.8. The van der Waals surface area contributed by atoms with Gasteiger partial charge in [0, 0.05) is 49.3 Å². The van der Waals surface area contributed by atoms with Crippen LogP contribution < -0.4 is 15.0 Å². The van der Waals surface area contributed by atoms with E-state index in [2.05, 4.69) is 41.6 Å². The lowest BCUT2D eigenvalue weighted by molar-refractivity contribution is 0.000959. The zero-order valence-electron chi connectivity index (χ0n) is 17.0. The molecular formula is C19H24N8O2S. The number of nitrogens with one attached hydrogen (secondary N) is 2. The number of aromatic nitrogens is 5. The number of methoxy groups -OCH3 is 1. The highest BCUT2D eigenvalue weighted by Gasteiger charge is 2.47. The summed E-state index contributed by atoms with van der Waals surface area (Å²) in [7, 11) is 3.63. The summed E-state index contributed by atoms with van der Waals surface area (Å²) in [4.78, 5) is 32.7. The van der Waals surface area contributed by atoms with E-state index in [1.807, 2.05) is 17.2 Å². The molecule has 30 heavy (non-hydrogen) atoms. The molecule has 1 saturated carbocycles. The third-order valence-electron chi connectivity index (χ3n) is 6.37. The number of fused-ring (bicyclic) bond motifs is 1. The maximum atomic E-state index is 12.5. The predicted molar refractivity (Wildman–Crippen MR) is 114 cm³/mol. The number of hydrogen-bond donors (Lipinski definition) is 2. The minimum Gasteiger partial charge on any atom is -0.466 e. The Bertz CT molecular complexity index is 1050. The highest BCUT2D eigenvalue weighted by Crippen LogP contribution is 2.45. The fourth-order valence-electron chi connectivity index (χ4n) is 4.65. The van der Waals surface area contributed by atoms with Crippen LogP contribution >= 0.6 is 11.5 Å². The van der Waals surface area contributed by atoms with Gasteiger partial charge in [0.05, 0.1) is 12.5 Å². The number of rotatable bonds is 4. The summed E-state index contributed by atoms with van der Waals surface area (Å²) in [6, 6.07) is 2.63. The van der Waals surface area contributed by atoms with Gasteiger partial charge in [-0.05, 0) is 31.7 Å². The average molecular weight is 429 g/mol. The first-order valence-electron chi connectivity index (χ1n) is 10.0. The molecule has 3 aromatic heterocycles. The SMILES string of the molecule is COc1nsc(NC(=O)N2CC3(CCC(N(C)c4ncnc5[nH]ccc45)CC3)C2)n1. The molecule has 0 atom stereocenters. The lowest BCUT2D eigenvalue weighted by Gasteiger charge is -2.54. The van der Waals surface area contributed by atoms with Crippen LogP contribution in [0.1, 0.15) is 25.7 Å². The monoisotopic (exact) mass is 428 g/mol. The summed E-state index contributed by atoms with van der Waals surface area (Å²) < 4.78 is 8.96. The maximum Gasteiger partial charge on any atom is 0.329 e. The molecule has 1 aliphatic heterocycles. The molecule has 158 valence electrons. The number of H-pyrrole nitrogens is 1. The average Bonchev–Trinajstić information content (AvgIpc) is 3.40. The third kappa shape index (κ3) is 3.32. The normalized spacial score (nSPS) is 18.4. The van der Waals surface area contributed by atoms with Crippen LogP contribution in [0.3, 0.4) is 0 Å². The first-order valence-corrected chi connectivity index (χ1v) is 10.8. The van der Waals surface area contributed by atoms with Gasteiger partial charge in [0.15, 0.2) is 0 Å². The van der Waals surface area contributed by atoms with E-state index in [9.17, 15) is 4.79 Å². The van der Waals surface area contributed by atoms with E-state index >= 15 is 0 Å². The van der Waals surface area contributed by atoms with Crippen molar-refractivity contribution in [2.45, 2.75) is 31.7 Å². The third-order valence-corrected chi connectivity index (χ3v) is 6.99.